The molecule has 0 saturated heterocycles. The number of aromatic nitrogens is 2. The second kappa shape index (κ2) is 6.81. The van der Waals surface area contributed by atoms with E-state index >= 15 is 0 Å². The molecule has 0 bridgehead atoms. The maximum atomic E-state index is 13.6. The minimum absolute atomic E-state index is 0.0156. The first-order valence-electron chi connectivity index (χ1n) is 8.34. The zero-order valence-electron chi connectivity index (χ0n) is 14.2. The number of alkyl halides is 2. The summed E-state index contributed by atoms with van der Waals surface area (Å²) in [6.45, 7) is -1.29. The largest absolute Gasteiger partial charge is 0.478 e. The Hall–Kier alpha value is -2.67. The summed E-state index contributed by atoms with van der Waals surface area (Å²) >= 11 is 5.95. The average Bonchev–Trinajstić information content (AvgIpc) is 3.22. The number of carbonyl (C=O) groups is 1. The Bertz CT molecular complexity index is 1020. The number of ether oxygens (including phenoxy) is 2. The van der Waals surface area contributed by atoms with E-state index in [-0.39, 0.29) is 11.3 Å². The van der Waals surface area contributed by atoms with Crippen LogP contribution in [-0.4, -0.2) is 21.6 Å². The molecule has 1 aliphatic heterocycles. The molecular weight excluding hydrogens is 378 g/mol. The van der Waals surface area contributed by atoms with Crippen molar-refractivity contribution in [2.75, 3.05) is 0 Å². The maximum Gasteiger partial charge on any atom is 0.348 e. The van der Waals surface area contributed by atoms with Gasteiger partial charge in [0.25, 0.3) is 0 Å². The first kappa shape index (κ1) is 17.7. The van der Waals surface area contributed by atoms with Crippen LogP contribution in [0.4, 0.5) is 8.78 Å². The molecule has 0 saturated carbocycles. The lowest BCUT2D eigenvalue weighted by molar-refractivity contribution is -0.156. The van der Waals surface area contributed by atoms with Crippen LogP contribution in [0.5, 0.6) is 5.75 Å². The highest BCUT2D eigenvalue weighted by molar-refractivity contribution is 6.30. The van der Waals surface area contributed by atoms with Crippen LogP contribution in [0, 0.1) is 0 Å². The molecule has 2 aromatic carbocycles. The number of para-hydroxylation sites is 2. The molecule has 8 heteroatoms. The van der Waals surface area contributed by atoms with Gasteiger partial charge in [0.2, 0.25) is 0 Å². The Morgan fingerprint density at radius 2 is 2.11 bits per heavy atom. The van der Waals surface area contributed by atoms with E-state index in [0.29, 0.717) is 22.7 Å². The van der Waals surface area contributed by atoms with Crippen molar-refractivity contribution in [3.8, 4) is 5.75 Å². The minimum Gasteiger partial charge on any atom is -0.478 e. The Morgan fingerprint density at radius 3 is 2.89 bits per heavy atom. The number of carbonyl (C=O) groups excluding carboxylic acids is 1. The van der Waals surface area contributed by atoms with Crippen molar-refractivity contribution in [2.24, 2.45) is 0 Å². The minimum atomic E-state index is -2.80. The summed E-state index contributed by atoms with van der Waals surface area (Å²) in [6.07, 6.45) is -1.49. The summed E-state index contributed by atoms with van der Waals surface area (Å²) in [5, 5.41) is 0.547. The number of fused-ring (bicyclic) bond motifs is 2. The molecule has 2 atom stereocenters. The van der Waals surface area contributed by atoms with E-state index in [1.54, 1.807) is 42.5 Å². The topological polar surface area (TPSA) is 53.4 Å². The van der Waals surface area contributed by atoms with Crippen molar-refractivity contribution in [3.63, 3.8) is 0 Å². The third kappa shape index (κ3) is 3.23. The predicted octanol–water partition coefficient (Wildman–Crippen LogP) is 4.69. The summed E-state index contributed by atoms with van der Waals surface area (Å²) in [5.74, 6) is -0.0883. The molecule has 3 aromatic rings. The fourth-order valence-corrected chi connectivity index (χ4v) is 3.40. The van der Waals surface area contributed by atoms with Crippen LogP contribution >= 0.6 is 11.6 Å². The van der Waals surface area contributed by atoms with Gasteiger partial charge in [-0.3, -0.25) is 4.57 Å². The second-order valence-electron chi connectivity index (χ2n) is 6.25. The Labute approximate surface area is 158 Å². The normalized spacial score (nSPS) is 17.0. The Kier molecular flexibility index (Phi) is 4.47. The van der Waals surface area contributed by atoms with Crippen LogP contribution in [0.25, 0.3) is 11.0 Å². The zero-order chi connectivity index (χ0) is 19.1. The molecule has 0 fully saturated rings. The fraction of sp³-hybridized carbons (Fsp3) is 0.263. The summed E-state index contributed by atoms with van der Waals surface area (Å²) in [5.41, 5.74) is 1.50. The van der Waals surface area contributed by atoms with E-state index in [2.05, 4.69) is 4.98 Å². The zero-order valence-corrected chi connectivity index (χ0v) is 15.0. The standard InChI is InChI=1S/C19H15ClF2N2O3/c1-10(17-23-13-4-2-3-5-14(13)24(17)19(21)22)26-18(25)16-9-11-8-12(20)6-7-15(11)27-16/h2-8,10,16,19H,9H2,1H3. The first-order valence-corrected chi connectivity index (χ1v) is 8.72. The van der Waals surface area contributed by atoms with Gasteiger partial charge in [0.1, 0.15) is 5.75 Å². The highest BCUT2D eigenvalue weighted by atomic mass is 35.5. The third-order valence-corrected chi connectivity index (χ3v) is 4.67. The highest BCUT2D eigenvalue weighted by Gasteiger charge is 2.33. The molecule has 0 aliphatic carbocycles. The van der Waals surface area contributed by atoms with Crippen molar-refractivity contribution in [1.29, 1.82) is 0 Å². The number of hydrogen-bond donors (Lipinski definition) is 0. The lowest BCUT2D eigenvalue weighted by Crippen LogP contribution is -2.29. The van der Waals surface area contributed by atoms with Crippen molar-refractivity contribution in [2.45, 2.75) is 32.1 Å². The van der Waals surface area contributed by atoms with E-state index < -0.39 is 24.7 Å². The molecule has 0 radical (unpaired) electrons. The van der Waals surface area contributed by atoms with E-state index in [9.17, 15) is 13.6 Å². The SMILES string of the molecule is CC(OC(=O)C1Cc2cc(Cl)ccc2O1)c1nc2ccccc2n1C(F)F. The van der Waals surface area contributed by atoms with Gasteiger partial charge in [-0.1, -0.05) is 23.7 Å². The van der Waals surface area contributed by atoms with E-state index in [1.807, 2.05) is 0 Å². The van der Waals surface area contributed by atoms with Gasteiger partial charge < -0.3 is 9.47 Å². The van der Waals surface area contributed by atoms with Gasteiger partial charge in [0.05, 0.1) is 11.0 Å². The second-order valence-corrected chi connectivity index (χ2v) is 6.68. The Balaban J connectivity index is 1.55. The van der Waals surface area contributed by atoms with Crippen molar-refractivity contribution in [3.05, 3.63) is 58.9 Å². The van der Waals surface area contributed by atoms with Crippen LogP contribution in [0.3, 0.4) is 0 Å². The van der Waals surface area contributed by atoms with Crippen LogP contribution in [-0.2, 0) is 16.0 Å². The van der Waals surface area contributed by atoms with Crippen LogP contribution < -0.4 is 4.74 Å². The molecule has 2 heterocycles. The smallest absolute Gasteiger partial charge is 0.348 e. The van der Waals surface area contributed by atoms with Crippen LogP contribution in [0.2, 0.25) is 5.02 Å². The van der Waals surface area contributed by atoms with Crippen LogP contribution in [0.15, 0.2) is 42.5 Å². The van der Waals surface area contributed by atoms with E-state index in [4.69, 9.17) is 21.1 Å². The molecule has 0 N–H and O–H groups in total. The molecule has 0 spiro atoms. The maximum absolute atomic E-state index is 13.6. The molecule has 5 nitrogen and oxygen atoms in total. The van der Waals surface area contributed by atoms with Crippen molar-refractivity contribution in [1.82, 2.24) is 9.55 Å². The van der Waals surface area contributed by atoms with Gasteiger partial charge >= 0.3 is 12.5 Å². The van der Waals surface area contributed by atoms with Gasteiger partial charge in [-0.25, -0.2) is 9.78 Å². The lowest BCUT2D eigenvalue weighted by Gasteiger charge is -2.17. The van der Waals surface area contributed by atoms with E-state index in [1.165, 1.54) is 6.92 Å². The summed E-state index contributed by atoms with van der Waals surface area (Å²) < 4.78 is 38.9. The average molecular weight is 393 g/mol. The lowest BCUT2D eigenvalue weighted by atomic mass is 10.1. The van der Waals surface area contributed by atoms with Crippen LogP contribution in [0.1, 0.15) is 31.0 Å². The van der Waals surface area contributed by atoms with Gasteiger partial charge in [0.15, 0.2) is 18.0 Å². The van der Waals surface area contributed by atoms with Gasteiger partial charge in [-0.05, 0) is 42.8 Å². The first-order chi connectivity index (χ1) is 12.9. The molecule has 1 aromatic heterocycles. The van der Waals surface area contributed by atoms with Crippen molar-refractivity contribution >= 4 is 28.6 Å². The molecule has 4 rings (SSSR count). The fourth-order valence-electron chi connectivity index (χ4n) is 3.21. The Morgan fingerprint density at radius 1 is 1.33 bits per heavy atom. The molecular formula is C19H15ClF2N2O3. The summed E-state index contributed by atoms with van der Waals surface area (Å²) in [7, 11) is 0. The monoisotopic (exact) mass is 392 g/mol. The number of rotatable bonds is 4. The molecule has 140 valence electrons. The number of halogens is 3. The number of hydrogen-bond acceptors (Lipinski definition) is 4. The molecule has 0 amide bonds. The van der Waals surface area contributed by atoms with Crippen molar-refractivity contribution < 1.29 is 23.0 Å². The van der Waals surface area contributed by atoms with Gasteiger partial charge in [-0.15, -0.1) is 0 Å². The van der Waals surface area contributed by atoms with E-state index in [0.717, 1.165) is 10.1 Å². The molecule has 2 unspecified atom stereocenters. The molecule has 1 aliphatic rings. The predicted molar refractivity (Wildman–Crippen MR) is 95.1 cm³/mol. The number of nitrogens with zero attached hydrogens (tertiary/aromatic N) is 2. The quantitative estimate of drug-likeness (QED) is 0.604. The summed E-state index contributed by atoms with van der Waals surface area (Å²) in [4.78, 5) is 16.7. The number of imidazole rings is 1. The molecule has 27 heavy (non-hydrogen) atoms. The van der Waals surface area contributed by atoms with Gasteiger partial charge in [0, 0.05) is 11.4 Å². The highest BCUT2D eigenvalue weighted by Crippen LogP contribution is 2.33. The number of esters is 1. The summed E-state index contributed by atoms with van der Waals surface area (Å²) in [6, 6.07) is 11.6. The number of benzene rings is 2. The van der Waals surface area contributed by atoms with Gasteiger partial charge in [-0.2, -0.15) is 8.78 Å². The third-order valence-electron chi connectivity index (χ3n) is 4.43.